The molecule has 0 amide bonds. The third-order valence-corrected chi connectivity index (χ3v) is 9.41. The molecule has 0 unspecified atom stereocenters. The van der Waals surface area contributed by atoms with Gasteiger partial charge in [0.15, 0.2) is 5.82 Å². The minimum Gasteiger partial charge on any atom is -0.455 e. The van der Waals surface area contributed by atoms with Crippen molar-refractivity contribution < 1.29 is 4.42 Å². The summed E-state index contributed by atoms with van der Waals surface area (Å²) in [6.45, 7) is 0. The summed E-state index contributed by atoms with van der Waals surface area (Å²) >= 11 is 0. The number of benzene rings is 7. The van der Waals surface area contributed by atoms with Gasteiger partial charge in [-0.1, -0.05) is 133 Å². The van der Waals surface area contributed by atoms with Gasteiger partial charge >= 0.3 is 0 Å². The van der Waals surface area contributed by atoms with E-state index in [1.54, 1.807) is 0 Å². The van der Waals surface area contributed by atoms with Gasteiger partial charge in [0.25, 0.3) is 0 Å². The van der Waals surface area contributed by atoms with E-state index in [2.05, 4.69) is 132 Å². The van der Waals surface area contributed by atoms with Crippen molar-refractivity contribution in [3.8, 4) is 39.6 Å². The molecule has 0 saturated heterocycles. The van der Waals surface area contributed by atoms with Crippen molar-refractivity contribution in [2.45, 2.75) is 0 Å². The van der Waals surface area contributed by atoms with Crippen LogP contribution < -0.4 is 0 Å². The Morgan fingerprint density at radius 3 is 1.58 bits per heavy atom. The van der Waals surface area contributed by atoms with Gasteiger partial charge < -0.3 is 8.98 Å². The lowest BCUT2D eigenvalue weighted by atomic mass is 10.0. The second-order valence-corrected chi connectivity index (χ2v) is 12.2. The topological polar surface area (TPSA) is 43.9 Å². The molecule has 3 aromatic heterocycles. The number of aromatic nitrogens is 3. The van der Waals surface area contributed by atoms with E-state index in [0.29, 0.717) is 5.82 Å². The van der Waals surface area contributed by atoms with E-state index in [-0.39, 0.29) is 0 Å². The molecule has 0 radical (unpaired) electrons. The molecule has 10 aromatic rings. The third-order valence-electron chi connectivity index (χ3n) is 9.41. The first kappa shape index (κ1) is 26.7. The molecule has 7 aromatic carbocycles. The van der Waals surface area contributed by atoms with Gasteiger partial charge in [-0.25, -0.2) is 9.97 Å². The van der Waals surface area contributed by atoms with Gasteiger partial charge in [0, 0.05) is 44.1 Å². The van der Waals surface area contributed by atoms with Crippen LogP contribution in [0, 0.1) is 0 Å². The van der Waals surface area contributed by atoms with Crippen LogP contribution in [0.5, 0.6) is 0 Å². The Kier molecular flexibility index (Phi) is 5.84. The van der Waals surface area contributed by atoms with Crippen LogP contribution in [0.4, 0.5) is 0 Å². The van der Waals surface area contributed by atoms with Crippen LogP contribution >= 0.6 is 0 Å². The van der Waals surface area contributed by atoms with Crippen molar-refractivity contribution in [2.75, 3.05) is 0 Å². The van der Waals surface area contributed by atoms with Gasteiger partial charge in [0.2, 0.25) is 0 Å². The Morgan fingerprint density at radius 2 is 0.958 bits per heavy atom. The molecule has 10 rings (SSSR count). The molecular formula is C44H27N3O. The lowest BCUT2D eigenvalue weighted by Crippen LogP contribution is -1.96. The van der Waals surface area contributed by atoms with Gasteiger partial charge in [0.05, 0.1) is 33.7 Å². The highest BCUT2D eigenvalue weighted by molar-refractivity contribution is 6.23. The summed E-state index contributed by atoms with van der Waals surface area (Å²) in [4.78, 5) is 10.3. The summed E-state index contributed by atoms with van der Waals surface area (Å²) in [5.41, 5.74) is 9.70. The molecule has 0 saturated carbocycles. The smallest absolute Gasteiger partial charge is 0.164 e. The average Bonchev–Trinajstić information content (AvgIpc) is 3.71. The highest BCUT2D eigenvalue weighted by atomic mass is 16.3. The molecule has 0 N–H and O–H groups in total. The Labute approximate surface area is 276 Å². The number of hydrogen-bond donors (Lipinski definition) is 0. The van der Waals surface area contributed by atoms with Crippen molar-refractivity contribution >= 4 is 54.5 Å². The van der Waals surface area contributed by atoms with Crippen LogP contribution in [0.1, 0.15) is 0 Å². The number of nitrogens with zero attached hydrogens (tertiary/aromatic N) is 3. The SMILES string of the molecule is c1ccc(-c2cc(-c3ccccc3)nc(-c3cccc4c3oc3cc(-n5c6ccccc6c6ccccc65)c5ccccc5c34)n2)cc1. The first-order valence-corrected chi connectivity index (χ1v) is 16.2. The Balaban J connectivity index is 1.27. The molecular weight excluding hydrogens is 587 g/mol. The van der Waals surface area contributed by atoms with E-state index in [1.807, 2.05) is 36.4 Å². The first-order chi connectivity index (χ1) is 23.8. The average molecular weight is 614 g/mol. The fourth-order valence-corrected chi connectivity index (χ4v) is 7.27. The quantitative estimate of drug-likeness (QED) is 0.198. The number of fused-ring (bicyclic) bond motifs is 8. The van der Waals surface area contributed by atoms with E-state index >= 15 is 0 Å². The van der Waals surface area contributed by atoms with E-state index in [0.717, 1.165) is 61.1 Å². The normalized spacial score (nSPS) is 11.8. The standard InChI is InChI=1S/C44H27N3O/c1-3-14-28(15-4-1)36-26-37(29-16-5-2-6-17-29)46-44(45-36)35-23-13-22-34-42-33-21-8-7-20-32(33)40(27-41(42)48-43(34)35)47-38-24-11-9-18-30(38)31-19-10-12-25-39(31)47/h1-27H. The fraction of sp³-hybridized carbons (Fsp3) is 0. The predicted octanol–water partition coefficient (Wildman–Crippen LogP) is 11.6. The minimum absolute atomic E-state index is 0.631. The van der Waals surface area contributed by atoms with Gasteiger partial charge in [0.1, 0.15) is 11.2 Å². The zero-order valence-electron chi connectivity index (χ0n) is 25.8. The molecule has 0 aliphatic heterocycles. The molecule has 0 fully saturated rings. The zero-order chi connectivity index (χ0) is 31.6. The second kappa shape index (κ2) is 10.5. The second-order valence-electron chi connectivity index (χ2n) is 12.2. The summed E-state index contributed by atoms with van der Waals surface area (Å²) in [7, 11) is 0. The minimum atomic E-state index is 0.631. The lowest BCUT2D eigenvalue weighted by molar-refractivity contribution is 0.669. The molecule has 0 atom stereocenters. The summed E-state index contributed by atoms with van der Waals surface area (Å²) in [6.07, 6.45) is 0. The molecule has 0 bridgehead atoms. The predicted molar refractivity (Wildman–Crippen MR) is 197 cm³/mol. The molecule has 224 valence electrons. The molecule has 0 aliphatic rings. The molecule has 0 aliphatic carbocycles. The van der Waals surface area contributed by atoms with Crippen molar-refractivity contribution in [1.82, 2.24) is 14.5 Å². The highest BCUT2D eigenvalue weighted by Gasteiger charge is 2.21. The summed E-state index contributed by atoms with van der Waals surface area (Å²) in [5.74, 6) is 0.631. The maximum absolute atomic E-state index is 6.91. The molecule has 48 heavy (non-hydrogen) atoms. The summed E-state index contributed by atoms with van der Waals surface area (Å²) in [6, 6.07) is 57.0. The van der Waals surface area contributed by atoms with Crippen LogP contribution in [0.2, 0.25) is 0 Å². The molecule has 3 heterocycles. The highest BCUT2D eigenvalue weighted by Crippen LogP contribution is 2.43. The van der Waals surface area contributed by atoms with E-state index < -0.39 is 0 Å². The van der Waals surface area contributed by atoms with E-state index in [9.17, 15) is 0 Å². The van der Waals surface area contributed by atoms with E-state index in [4.69, 9.17) is 14.4 Å². The number of furan rings is 1. The molecule has 0 spiro atoms. The first-order valence-electron chi connectivity index (χ1n) is 16.2. The van der Waals surface area contributed by atoms with E-state index in [1.165, 1.54) is 27.2 Å². The van der Waals surface area contributed by atoms with Crippen LogP contribution in [-0.4, -0.2) is 14.5 Å². The van der Waals surface area contributed by atoms with Crippen LogP contribution in [0.3, 0.4) is 0 Å². The third kappa shape index (κ3) is 4.03. The molecule has 4 heteroatoms. The monoisotopic (exact) mass is 613 g/mol. The Morgan fingerprint density at radius 1 is 0.438 bits per heavy atom. The maximum atomic E-state index is 6.91. The van der Waals surface area contributed by atoms with Gasteiger partial charge in [-0.3, -0.25) is 0 Å². The summed E-state index contributed by atoms with van der Waals surface area (Å²) in [5, 5.41) is 6.91. The fourth-order valence-electron chi connectivity index (χ4n) is 7.27. The number of hydrogen-bond acceptors (Lipinski definition) is 3. The van der Waals surface area contributed by atoms with Crippen LogP contribution in [-0.2, 0) is 0 Å². The van der Waals surface area contributed by atoms with Gasteiger partial charge in [-0.05, 0) is 29.7 Å². The number of para-hydroxylation sites is 3. The van der Waals surface area contributed by atoms with Crippen molar-refractivity contribution in [1.29, 1.82) is 0 Å². The Bertz CT molecular complexity index is 2720. The summed E-state index contributed by atoms with van der Waals surface area (Å²) < 4.78 is 9.28. The van der Waals surface area contributed by atoms with Crippen molar-refractivity contribution in [3.05, 3.63) is 164 Å². The van der Waals surface area contributed by atoms with Gasteiger partial charge in [-0.2, -0.15) is 0 Å². The zero-order valence-corrected chi connectivity index (χ0v) is 25.8. The number of rotatable bonds is 4. The lowest BCUT2D eigenvalue weighted by Gasteiger charge is -2.12. The molecule has 4 nitrogen and oxygen atoms in total. The van der Waals surface area contributed by atoms with Crippen molar-refractivity contribution in [2.24, 2.45) is 0 Å². The van der Waals surface area contributed by atoms with Crippen LogP contribution in [0.15, 0.2) is 168 Å². The van der Waals surface area contributed by atoms with Crippen molar-refractivity contribution in [3.63, 3.8) is 0 Å². The Hall–Kier alpha value is -6.52. The maximum Gasteiger partial charge on any atom is 0.164 e. The van der Waals surface area contributed by atoms with Crippen LogP contribution in [0.25, 0.3) is 94.1 Å². The van der Waals surface area contributed by atoms with Gasteiger partial charge in [-0.15, -0.1) is 0 Å². The largest absolute Gasteiger partial charge is 0.455 e.